The number of carboxylic acid groups (broad SMARTS) is 6. The summed E-state index contributed by atoms with van der Waals surface area (Å²) in [5.74, 6) is -9.82. The van der Waals surface area contributed by atoms with Crippen LogP contribution in [0.25, 0.3) is 0 Å². The molecule has 0 aliphatic carbocycles. The van der Waals surface area contributed by atoms with Crippen LogP contribution in [0.1, 0.15) is 98.4 Å². The van der Waals surface area contributed by atoms with E-state index in [1.165, 1.54) is 15.9 Å². The minimum atomic E-state index is -1.46. The van der Waals surface area contributed by atoms with Gasteiger partial charge in [0.25, 0.3) is 0 Å². The van der Waals surface area contributed by atoms with Gasteiger partial charge >= 0.3 is 35.8 Å². The van der Waals surface area contributed by atoms with Crippen LogP contribution in [0, 0.1) is 12.8 Å². The lowest BCUT2D eigenvalue weighted by Gasteiger charge is -2.27. The molecular formula is C45H63N5O17. The minimum absolute atomic E-state index is 0.0183. The van der Waals surface area contributed by atoms with E-state index in [-0.39, 0.29) is 94.6 Å². The Bertz CT molecular complexity index is 2040. The van der Waals surface area contributed by atoms with E-state index in [1.807, 2.05) is 0 Å². The molecule has 0 radical (unpaired) electrons. The molecule has 0 aromatic heterocycles. The van der Waals surface area contributed by atoms with Gasteiger partial charge in [-0.2, -0.15) is 0 Å². The van der Waals surface area contributed by atoms with E-state index in [2.05, 4.69) is 16.0 Å². The van der Waals surface area contributed by atoms with Gasteiger partial charge in [0, 0.05) is 82.5 Å². The van der Waals surface area contributed by atoms with Crippen molar-refractivity contribution >= 4 is 53.5 Å². The van der Waals surface area contributed by atoms with Crippen LogP contribution in [-0.4, -0.2) is 149 Å². The molecule has 0 aliphatic rings. The van der Waals surface area contributed by atoms with Crippen LogP contribution in [0.5, 0.6) is 11.5 Å². The Morgan fingerprint density at radius 3 is 1.69 bits per heavy atom. The zero-order valence-corrected chi connectivity index (χ0v) is 37.5. The number of carbonyl (C=O) groups excluding carboxylic acids is 3. The average molecular weight is 946 g/mol. The van der Waals surface area contributed by atoms with E-state index in [0.29, 0.717) is 66.5 Å². The molecule has 2 rings (SSSR count). The molecule has 3 amide bonds. The maximum Gasteiger partial charge on any atom is 0.326 e. The molecule has 0 saturated heterocycles. The standard InChI is InChI=1S/C45H63N5O17/c1-28-20-30(10-14-39(55)56)22-33(43(28)63)25-50(27-42(61)62)19-18-49(26-41(59)60)24-32-21-29(8-12-35(32)51)9-13-37(53)47-17-5-3-7-36(52)46-16-4-2-6-31(44(64)65)23-38(54)48-34(45(66)67)11-15-40(57)58/h8,12,20-22,31,34,51,63H,2-7,9-11,13-19,23-27H2,1H3,(H,46,52)(H,47,53)(H,48,54)(H,55,56)(H,57,58)(H,59,60)(H,61,62)(H,64,65)(H,66,67)/t31-,34+/m1/s1. The Balaban J connectivity index is 1.80. The molecule has 22 nitrogen and oxygen atoms in total. The molecule has 2 aromatic carbocycles. The summed E-state index contributed by atoms with van der Waals surface area (Å²) >= 11 is 0. The van der Waals surface area contributed by atoms with Gasteiger partial charge in [-0.25, -0.2) is 4.79 Å². The maximum atomic E-state index is 12.6. The number of amides is 3. The highest BCUT2D eigenvalue weighted by Gasteiger charge is 2.26. The van der Waals surface area contributed by atoms with Crippen LogP contribution in [0.2, 0.25) is 0 Å². The topological polar surface area (TPSA) is 358 Å². The van der Waals surface area contributed by atoms with Crippen LogP contribution >= 0.6 is 0 Å². The van der Waals surface area contributed by atoms with Crippen molar-refractivity contribution in [3.63, 3.8) is 0 Å². The number of carbonyl (C=O) groups is 9. The quantitative estimate of drug-likeness (QED) is 0.0440. The molecule has 2 aromatic rings. The number of hydrogen-bond acceptors (Lipinski definition) is 13. The summed E-state index contributed by atoms with van der Waals surface area (Å²) in [6.07, 6.45) is 1.15. The third-order valence-corrected chi connectivity index (χ3v) is 10.6. The van der Waals surface area contributed by atoms with Crippen LogP contribution in [0.3, 0.4) is 0 Å². The summed E-state index contributed by atoms with van der Waals surface area (Å²) in [5, 5.41) is 84.9. The molecule has 0 heterocycles. The van der Waals surface area contributed by atoms with E-state index in [9.17, 15) is 73.8 Å². The van der Waals surface area contributed by atoms with Crippen molar-refractivity contribution in [3.05, 3.63) is 58.1 Å². The first-order valence-corrected chi connectivity index (χ1v) is 21.9. The molecule has 0 bridgehead atoms. The minimum Gasteiger partial charge on any atom is -0.508 e. The van der Waals surface area contributed by atoms with Crippen LogP contribution in [-0.2, 0) is 69.1 Å². The van der Waals surface area contributed by atoms with Crippen LogP contribution in [0.4, 0.5) is 0 Å². The Morgan fingerprint density at radius 1 is 0.567 bits per heavy atom. The summed E-state index contributed by atoms with van der Waals surface area (Å²) in [6, 6.07) is 6.55. The maximum absolute atomic E-state index is 12.6. The van der Waals surface area contributed by atoms with Gasteiger partial charge in [-0.3, -0.25) is 48.2 Å². The molecule has 2 atom stereocenters. The smallest absolute Gasteiger partial charge is 0.326 e. The number of nitrogens with zero attached hydrogens (tertiary/aromatic N) is 2. The fraction of sp³-hybridized carbons (Fsp3) is 0.533. The highest BCUT2D eigenvalue weighted by molar-refractivity contribution is 5.86. The number of rotatable bonds is 35. The molecule has 67 heavy (non-hydrogen) atoms. The Labute approximate surface area is 387 Å². The normalized spacial score (nSPS) is 12.0. The second kappa shape index (κ2) is 29.7. The van der Waals surface area contributed by atoms with Gasteiger partial charge in [-0.1, -0.05) is 30.7 Å². The van der Waals surface area contributed by atoms with Crippen molar-refractivity contribution in [2.75, 3.05) is 39.3 Å². The van der Waals surface area contributed by atoms with Crippen molar-refractivity contribution in [3.8, 4) is 11.5 Å². The summed E-state index contributed by atoms with van der Waals surface area (Å²) in [5.41, 5.74) is 2.61. The molecule has 0 saturated carbocycles. The van der Waals surface area contributed by atoms with E-state index in [1.54, 1.807) is 31.2 Å². The SMILES string of the molecule is Cc1cc(CCC(=O)O)cc(CN(CCN(CC(=O)O)Cc2cc(CCC(=O)NCCCCC(=O)NCCCC[C@H](CC(=O)N[C@@H](CCC(=O)O)C(=O)O)C(=O)O)ccc2O)CC(=O)O)c1O. The lowest BCUT2D eigenvalue weighted by Crippen LogP contribution is -2.42. The van der Waals surface area contributed by atoms with E-state index >= 15 is 0 Å². The molecule has 22 heteroatoms. The molecule has 0 aliphatic heterocycles. The Kier molecular flexibility index (Phi) is 24.9. The zero-order chi connectivity index (χ0) is 50.1. The van der Waals surface area contributed by atoms with Gasteiger partial charge in [0.15, 0.2) is 0 Å². The summed E-state index contributed by atoms with van der Waals surface area (Å²) in [7, 11) is 0. The predicted octanol–water partition coefficient (Wildman–Crippen LogP) is 1.93. The molecule has 0 fully saturated rings. The van der Waals surface area contributed by atoms with Crippen LogP contribution < -0.4 is 16.0 Å². The number of aryl methyl sites for hydroxylation is 3. The number of aromatic hydroxyl groups is 2. The first kappa shape index (κ1) is 56.3. The lowest BCUT2D eigenvalue weighted by molar-refractivity contribution is -0.145. The first-order valence-electron chi connectivity index (χ1n) is 21.9. The van der Waals surface area contributed by atoms with Crippen LogP contribution in [0.15, 0.2) is 30.3 Å². The fourth-order valence-electron chi connectivity index (χ4n) is 7.08. The number of benzene rings is 2. The number of nitrogens with one attached hydrogen (secondary N) is 3. The van der Waals surface area contributed by atoms with Gasteiger partial charge in [-0.15, -0.1) is 0 Å². The fourth-order valence-corrected chi connectivity index (χ4v) is 7.08. The number of carboxylic acids is 6. The second-order valence-electron chi connectivity index (χ2n) is 16.3. The zero-order valence-electron chi connectivity index (χ0n) is 37.5. The van der Waals surface area contributed by atoms with Gasteiger partial charge in [-0.05, 0) is 74.6 Å². The molecule has 11 N–H and O–H groups in total. The summed E-state index contributed by atoms with van der Waals surface area (Å²) in [4.78, 5) is 109. The van der Waals surface area contributed by atoms with Crippen molar-refractivity contribution in [1.29, 1.82) is 0 Å². The predicted molar refractivity (Wildman–Crippen MR) is 237 cm³/mol. The van der Waals surface area contributed by atoms with Gasteiger partial charge in [0.2, 0.25) is 17.7 Å². The molecule has 0 unspecified atom stereocenters. The van der Waals surface area contributed by atoms with E-state index in [0.717, 1.165) is 0 Å². The van der Waals surface area contributed by atoms with Crippen molar-refractivity contribution < 1.29 is 84.0 Å². The number of unbranched alkanes of at least 4 members (excludes halogenated alkanes) is 2. The molecule has 370 valence electrons. The Hall–Kier alpha value is -6.81. The highest BCUT2D eigenvalue weighted by Crippen LogP contribution is 2.27. The Morgan fingerprint density at radius 2 is 1.12 bits per heavy atom. The monoisotopic (exact) mass is 945 g/mol. The largest absolute Gasteiger partial charge is 0.508 e. The molecular weight excluding hydrogens is 883 g/mol. The first-order chi connectivity index (χ1) is 31.6. The third-order valence-electron chi connectivity index (χ3n) is 10.6. The van der Waals surface area contributed by atoms with Crippen molar-refractivity contribution in [2.24, 2.45) is 5.92 Å². The van der Waals surface area contributed by atoms with E-state index < -0.39 is 79.6 Å². The number of aliphatic carboxylic acids is 6. The van der Waals surface area contributed by atoms with Crippen molar-refractivity contribution in [2.45, 2.75) is 110 Å². The van der Waals surface area contributed by atoms with Gasteiger partial charge in [0.05, 0.1) is 19.0 Å². The molecule has 0 spiro atoms. The summed E-state index contributed by atoms with van der Waals surface area (Å²) < 4.78 is 0. The number of phenols is 2. The lowest BCUT2D eigenvalue weighted by atomic mass is 9.97. The second-order valence-corrected chi connectivity index (χ2v) is 16.3. The average Bonchev–Trinajstić information content (AvgIpc) is 3.23. The number of hydrogen-bond donors (Lipinski definition) is 11. The third kappa shape index (κ3) is 23.8. The van der Waals surface area contributed by atoms with Crippen molar-refractivity contribution in [1.82, 2.24) is 25.8 Å². The van der Waals surface area contributed by atoms with Gasteiger partial charge in [0.1, 0.15) is 17.5 Å². The highest BCUT2D eigenvalue weighted by atomic mass is 16.4. The number of phenolic OH excluding ortho intramolecular Hbond substituents is 2. The van der Waals surface area contributed by atoms with Gasteiger partial charge < -0.3 is 56.8 Å². The van der Waals surface area contributed by atoms with E-state index in [4.69, 9.17) is 10.2 Å². The summed E-state index contributed by atoms with van der Waals surface area (Å²) in [6.45, 7) is 1.42.